The third-order valence-corrected chi connectivity index (χ3v) is 5.60. The number of aliphatic hydroxyl groups is 1. The second kappa shape index (κ2) is 6.55. The van der Waals surface area contributed by atoms with Gasteiger partial charge in [-0.05, 0) is 34.5 Å². The van der Waals surface area contributed by atoms with Crippen molar-refractivity contribution in [2.75, 3.05) is 7.11 Å². The summed E-state index contributed by atoms with van der Waals surface area (Å²) in [5, 5.41) is 15.0. The van der Waals surface area contributed by atoms with Crippen molar-refractivity contribution >= 4 is 21.5 Å². The van der Waals surface area contributed by atoms with Crippen LogP contribution in [-0.2, 0) is 18.9 Å². The van der Waals surface area contributed by atoms with Crippen molar-refractivity contribution in [1.29, 1.82) is 0 Å². The van der Waals surface area contributed by atoms with Gasteiger partial charge in [0.15, 0.2) is 12.6 Å². The predicted octanol–water partition coefficient (Wildman–Crippen LogP) is 3.53. The van der Waals surface area contributed by atoms with Crippen LogP contribution < -0.4 is 0 Å². The molecule has 2 heterocycles. The van der Waals surface area contributed by atoms with Crippen LogP contribution in [0.1, 0.15) is 18.8 Å². The Hall–Kier alpha value is -2.02. The number of ether oxygens (including phenoxy) is 4. The molecule has 0 bridgehead atoms. The maximum atomic E-state index is 10.6. The molecule has 2 saturated heterocycles. The Morgan fingerprint density at radius 3 is 2.07 bits per heavy atom. The molecule has 140 valence electrons. The molecular weight excluding hydrogens is 344 g/mol. The monoisotopic (exact) mass is 366 g/mol. The van der Waals surface area contributed by atoms with Gasteiger partial charge in [-0.3, -0.25) is 0 Å². The van der Waals surface area contributed by atoms with E-state index < -0.39 is 30.9 Å². The van der Waals surface area contributed by atoms with Crippen LogP contribution in [0.4, 0.5) is 0 Å². The van der Waals surface area contributed by atoms with Gasteiger partial charge < -0.3 is 24.1 Å². The summed E-state index contributed by atoms with van der Waals surface area (Å²) in [6, 6.07) is 18.6. The second-order valence-electron chi connectivity index (χ2n) is 7.20. The van der Waals surface area contributed by atoms with E-state index in [9.17, 15) is 5.11 Å². The van der Waals surface area contributed by atoms with Crippen molar-refractivity contribution < 1.29 is 24.1 Å². The van der Waals surface area contributed by atoms with Gasteiger partial charge in [0, 0.05) is 12.7 Å². The first-order valence-electron chi connectivity index (χ1n) is 9.25. The molecule has 0 spiro atoms. The molecule has 5 nitrogen and oxygen atoms in total. The van der Waals surface area contributed by atoms with Crippen LogP contribution in [0.15, 0.2) is 54.6 Å². The van der Waals surface area contributed by atoms with E-state index in [2.05, 4.69) is 30.3 Å². The van der Waals surface area contributed by atoms with Crippen LogP contribution in [0, 0.1) is 0 Å². The minimum atomic E-state index is -0.771. The Morgan fingerprint density at radius 1 is 0.852 bits per heavy atom. The molecule has 0 aliphatic carbocycles. The topological polar surface area (TPSA) is 57.2 Å². The summed E-state index contributed by atoms with van der Waals surface area (Å²) in [5.74, 6) is 0. The van der Waals surface area contributed by atoms with Crippen LogP contribution in [0.25, 0.3) is 21.5 Å². The zero-order valence-electron chi connectivity index (χ0n) is 15.2. The quantitative estimate of drug-likeness (QED) is 0.703. The molecule has 0 saturated carbocycles. The zero-order chi connectivity index (χ0) is 18.5. The van der Waals surface area contributed by atoms with Crippen molar-refractivity contribution in [3.63, 3.8) is 0 Å². The van der Waals surface area contributed by atoms with E-state index in [0.717, 1.165) is 27.1 Å². The molecule has 1 unspecified atom stereocenters. The van der Waals surface area contributed by atoms with Gasteiger partial charge in [0.05, 0.1) is 6.10 Å². The highest BCUT2D eigenvalue weighted by atomic mass is 16.8. The summed E-state index contributed by atoms with van der Waals surface area (Å²) in [4.78, 5) is 0. The maximum absolute atomic E-state index is 10.6. The van der Waals surface area contributed by atoms with Crippen LogP contribution >= 0.6 is 0 Å². The fraction of sp³-hybridized carbons (Fsp3) is 0.364. The lowest BCUT2D eigenvalue weighted by molar-refractivity contribution is -0.261. The minimum Gasteiger partial charge on any atom is -0.388 e. The summed E-state index contributed by atoms with van der Waals surface area (Å²) in [6.07, 6.45) is -3.31. The molecule has 3 aromatic rings. The Kier molecular flexibility index (Phi) is 4.15. The fourth-order valence-corrected chi connectivity index (χ4v) is 4.23. The molecule has 1 N–H and O–H groups in total. The normalized spacial score (nSPS) is 33.4. The summed E-state index contributed by atoms with van der Waals surface area (Å²) in [5.41, 5.74) is 0.979. The number of fused-ring (bicyclic) bond motifs is 3. The smallest absolute Gasteiger partial charge is 0.186 e. The highest BCUT2D eigenvalue weighted by molar-refractivity contribution is 6.02. The highest BCUT2D eigenvalue weighted by Gasteiger charge is 2.52. The average Bonchev–Trinajstić information content (AvgIpc) is 3.14. The van der Waals surface area contributed by atoms with E-state index in [1.54, 1.807) is 7.11 Å². The SMILES string of the molecule is CO[C@@H]1O[C@@H](C)[C@H](O)[C@H]2OC(c3c4ccccc4cc4ccccc34)O[C@@H]12. The van der Waals surface area contributed by atoms with Gasteiger partial charge in [0.25, 0.3) is 0 Å². The number of hydrogen-bond acceptors (Lipinski definition) is 5. The third-order valence-electron chi connectivity index (χ3n) is 5.60. The molecule has 27 heavy (non-hydrogen) atoms. The van der Waals surface area contributed by atoms with Crippen LogP contribution in [0.5, 0.6) is 0 Å². The van der Waals surface area contributed by atoms with Crippen LogP contribution in [0.3, 0.4) is 0 Å². The van der Waals surface area contributed by atoms with Gasteiger partial charge in [-0.15, -0.1) is 0 Å². The molecule has 5 heteroatoms. The maximum Gasteiger partial charge on any atom is 0.186 e. The number of benzene rings is 3. The van der Waals surface area contributed by atoms with Crippen LogP contribution in [-0.4, -0.2) is 42.9 Å². The fourth-order valence-electron chi connectivity index (χ4n) is 4.23. The first-order chi connectivity index (χ1) is 13.2. The first-order valence-corrected chi connectivity index (χ1v) is 9.25. The van der Waals surface area contributed by atoms with Crippen molar-refractivity contribution in [2.24, 2.45) is 0 Å². The standard InChI is InChI=1S/C22H22O5/c1-12-18(23)19-20(22(24-2)25-12)27-21(26-19)17-15-9-5-3-7-13(15)11-14-8-4-6-10-16(14)17/h3-12,18-23H,1-2H3/t12-,18-,19+,20+,21?,22+/m0/s1. The van der Waals surface area contributed by atoms with E-state index in [-0.39, 0.29) is 6.10 Å². The van der Waals surface area contributed by atoms with E-state index in [0.29, 0.717) is 0 Å². The number of aliphatic hydroxyl groups excluding tert-OH is 1. The summed E-state index contributed by atoms with van der Waals surface area (Å²) in [6.45, 7) is 1.82. The van der Waals surface area contributed by atoms with E-state index in [1.165, 1.54) is 0 Å². The average molecular weight is 366 g/mol. The van der Waals surface area contributed by atoms with Gasteiger partial charge in [0.2, 0.25) is 0 Å². The molecule has 2 aliphatic rings. The Balaban J connectivity index is 1.65. The molecule has 6 atom stereocenters. The highest BCUT2D eigenvalue weighted by Crippen LogP contribution is 2.43. The molecule has 2 fully saturated rings. The van der Waals surface area contributed by atoms with Crippen molar-refractivity contribution in [1.82, 2.24) is 0 Å². The lowest BCUT2D eigenvalue weighted by atomic mass is 9.96. The van der Waals surface area contributed by atoms with E-state index >= 15 is 0 Å². The lowest BCUT2D eigenvalue weighted by Crippen LogP contribution is -2.55. The predicted molar refractivity (Wildman–Crippen MR) is 101 cm³/mol. The molecule has 0 amide bonds. The summed E-state index contributed by atoms with van der Waals surface area (Å²) in [7, 11) is 1.58. The Bertz CT molecular complexity index is 927. The molecule has 2 aliphatic heterocycles. The Labute approximate surface area is 157 Å². The van der Waals surface area contributed by atoms with Gasteiger partial charge in [-0.2, -0.15) is 0 Å². The van der Waals surface area contributed by atoms with Crippen molar-refractivity contribution in [2.45, 2.75) is 43.9 Å². The molecule has 3 aromatic carbocycles. The molecule has 5 rings (SSSR count). The third kappa shape index (κ3) is 2.66. The molecule has 0 radical (unpaired) electrons. The lowest BCUT2D eigenvalue weighted by Gasteiger charge is -2.37. The van der Waals surface area contributed by atoms with Crippen molar-refractivity contribution in [3.8, 4) is 0 Å². The number of hydrogen-bond donors (Lipinski definition) is 1. The Morgan fingerprint density at radius 2 is 1.44 bits per heavy atom. The van der Waals surface area contributed by atoms with E-state index in [1.807, 2.05) is 31.2 Å². The molecular formula is C22H22O5. The summed E-state index contributed by atoms with van der Waals surface area (Å²) >= 11 is 0. The van der Waals surface area contributed by atoms with Crippen LogP contribution in [0.2, 0.25) is 0 Å². The van der Waals surface area contributed by atoms with Gasteiger partial charge in [-0.25, -0.2) is 0 Å². The van der Waals surface area contributed by atoms with Gasteiger partial charge in [-0.1, -0.05) is 48.5 Å². The summed E-state index contributed by atoms with van der Waals surface area (Å²) < 4.78 is 23.7. The largest absolute Gasteiger partial charge is 0.388 e. The van der Waals surface area contributed by atoms with Gasteiger partial charge in [0.1, 0.15) is 18.3 Å². The zero-order valence-corrected chi connectivity index (χ0v) is 15.2. The van der Waals surface area contributed by atoms with Gasteiger partial charge >= 0.3 is 0 Å². The second-order valence-corrected chi connectivity index (χ2v) is 7.20. The number of methoxy groups -OCH3 is 1. The van der Waals surface area contributed by atoms with Crippen molar-refractivity contribution in [3.05, 3.63) is 60.2 Å². The van der Waals surface area contributed by atoms with E-state index in [4.69, 9.17) is 18.9 Å². The molecule has 0 aromatic heterocycles. The first kappa shape index (κ1) is 17.1. The number of rotatable bonds is 2. The minimum absolute atomic E-state index is 0.386.